The lowest BCUT2D eigenvalue weighted by molar-refractivity contribution is 0.0750. The lowest BCUT2D eigenvalue weighted by atomic mass is 10.2. The molecule has 9 nitrogen and oxygen atoms in total. The normalized spacial score (nSPS) is 17.8. The molecule has 2 aromatic rings. The maximum atomic E-state index is 12.9. The van der Waals surface area contributed by atoms with Gasteiger partial charge in [-0.2, -0.15) is 4.98 Å². The molecule has 28 heavy (non-hydrogen) atoms. The number of anilines is 2. The van der Waals surface area contributed by atoms with Crippen LogP contribution in [0.3, 0.4) is 0 Å². The molecule has 0 radical (unpaired) electrons. The first-order valence-electron chi connectivity index (χ1n) is 9.77. The number of carbonyl (C=O) groups excluding carboxylic acids is 1. The van der Waals surface area contributed by atoms with Crippen LogP contribution >= 0.6 is 11.5 Å². The van der Waals surface area contributed by atoms with Gasteiger partial charge in [-0.1, -0.05) is 17.8 Å². The molecule has 4 rings (SSSR count). The average Bonchev–Trinajstić information content (AvgIpc) is 3.23. The molecule has 4 heterocycles. The molecule has 2 aliphatic rings. The fourth-order valence-corrected chi connectivity index (χ4v) is 4.16. The fraction of sp³-hybridized carbons (Fsp3) is 0.611. The van der Waals surface area contributed by atoms with Crippen molar-refractivity contribution in [3.05, 3.63) is 22.8 Å². The van der Waals surface area contributed by atoms with E-state index in [4.69, 9.17) is 9.72 Å². The van der Waals surface area contributed by atoms with Gasteiger partial charge < -0.3 is 19.4 Å². The first-order valence-corrected chi connectivity index (χ1v) is 10.5. The number of rotatable bonds is 5. The van der Waals surface area contributed by atoms with Crippen molar-refractivity contribution >= 4 is 29.2 Å². The largest absolute Gasteiger partial charge is 0.378 e. The lowest BCUT2D eigenvalue weighted by Gasteiger charge is -2.35. The Balaban J connectivity index is 1.39. The molecular weight excluding hydrogens is 378 g/mol. The molecule has 0 saturated carbocycles. The third-order valence-electron chi connectivity index (χ3n) is 5.05. The number of aryl methyl sites for hydroxylation is 1. The highest BCUT2D eigenvalue weighted by Crippen LogP contribution is 2.20. The Morgan fingerprint density at radius 2 is 1.93 bits per heavy atom. The zero-order valence-corrected chi connectivity index (χ0v) is 16.9. The van der Waals surface area contributed by atoms with Gasteiger partial charge >= 0.3 is 0 Å². The van der Waals surface area contributed by atoms with Gasteiger partial charge in [0, 0.05) is 45.5 Å². The zero-order valence-electron chi connectivity index (χ0n) is 16.1. The standard InChI is InChI=1S/C18H25N7O2S/c1-2-3-14-16(28-22-21-14)17(26)24-8-6-23(7-9-24)15-4-5-19-18(20-15)25-10-12-27-13-11-25/h4-5H,2-3,6-13H2,1H3. The molecule has 2 aromatic heterocycles. The summed E-state index contributed by atoms with van der Waals surface area (Å²) in [5, 5.41) is 4.12. The second-order valence-electron chi connectivity index (χ2n) is 6.89. The molecule has 2 fully saturated rings. The topological polar surface area (TPSA) is 87.6 Å². The van der Waals surface area contributed by atoms with Gasteiger partial charge in [0.05, 0.1) is 18.9 Å². The monoisotopic (exact) mass is 403 g/mol. The van der Waals surface area contributed by atoms with Gasteiger partial charge in [0.1, 0.15) is 10.7 Å². The van der Waals surface area contributed by atoms with Crippen molar-refractivity contribution < 1.29 is 9.53 Å². The minimum atomic E-state index is 0.0507. The molecule has 150 valence electrons. The van der Waals surface area contributed by atoms with Crippen molar-refractivity contribution in [3.63, 3.8) is 0 Å². The summed E-state index contributed by atoms with van der Waals surface area (Å²) in [5.41, 5.74) is 0.825. The van der Waals surface area contributed by atoms with Crippen LogP contribution in [0.1, 0.15) is 28.7 Å². The highest BCUT2D eigenvalue weighted by molar-refractivity contribution is 7.08. The number of morpholine rings is 1. The van der Waals surface area contributed by atoms with E-state index in [9.17, 15) is 4.79 Å². The van der Waals surface area contributed by atoms with E-state index in [1.54, 1.807) is 0 Å². The Labute approximate surface area is 168 Å². The minimum Gasteiger partial charge on any atom is -0.378 e. The Kier molecular flexibility index (Phi) is 5.96. The SMILES string of the molecule is CCCc1nnsc1C(=O)N1CCN(c2ccnc(N3CCOCC3)n2)CC1. The average molecular weight is 404 g/mol. The van der Waals surface area contributed by atoms with E-state index in [0.717, 1.165) is 56.5 Å². The van der Waals surface area contributed by atoms with E-state index < -0.39 is 0 Å². The molecule has 2 saturated heterocycles. The van der Waals surface area contributed by atoms with Gasteiger partial charge in [-0.15, -0.1) is 5.10 Å². The Hall–Kier alpha value is -2.33. The highest BCUT2D eigenvalue weighted by Gasteiger charge is 2.26. The van der Waals surface area contributed by atoms with Crippen LogP contribution < -0.4 is 9.80 Å². The van der Waals surface area contributed by atoms with E-state index >= 15 is 0 Å². The zero-order chi connectivity index (χ0) is 19.3. The van der Waals surface area contributed by atoms with E-state index in [0.29, 0.717) is 31.2 Å². The van der Waals surface area contributed by atoms with E-state index in [1.807, 2.05) is 17.2 Å². The summed E-state index contributed by atoms with van der Waals surface area (Å²) in [7, 11) is 0. The van der Waals surface area contributed by atoms with Gasteiger partial charge in [-0.3, -0.25) is 4.79 Å². The number of nitrogens with zero attached hydrogens (tertiary/aromatic N) is 7. The molecule has 10 heteroatoms. The maximum Gasteiger partial charge on any atom is 0.267 e. The first-order chi connectivity index (χ1) is 13.8. The molecule has 0 N–H and O–H groups in total. The van der Waals surface area contributed by atoms with E-state index in [1.165, 1.54) is 11.5 Å². The second-order valence-corrected chi connectivity index (χ2v) is 7.65. The second kappa shape index (κ2) is 8.78. The maximum absolute atomic E-state index is 12.9. The number of aromatic nitrogens is 4. The number of hydrogen-bond acceptors (Lipinski definition) is 9. The molecule has 0 spiro atoms. The lowest BCUT2D eigenvalue weighted by Crippen LogP contribution is -2.49. The third-order valence-corrected chi connectivity index (χ3v) is 5.81. The number of carbonyl (C=O) groups is 1. The summed E-state index contributed by atoms with van der Waals surface area (Å²) >= 11 is 1.20. The Morgan fingerprint density at radius 3 is 2.68 bits per heavy atom. The molecule has 0 aromatic carbocycles. The van der Waals surface area contributed by atoms with Crippen LogP contribution in [0.5, 0.6) is 0 Å². The number of piperazine rings is 1. The van der Waals surface area contributed by atoms with Gasteiger partial charge in [0.15, 0.2) is 0 Å². The summed E-state index contributed by atoms with van der Waals surface area (Å²) in [6.07, 6.45) is 3.56. The van der Waals surface area contributed by atoms with Crippen LogP contribution in [0.25, 0.3) is 0 Å². The predicted octanol–water partition coefficient (Wildman–Crippen LogP) is 1.08. The van der Waals surface area contributed by atoms with Crippen LogP contribution in [-0.2, 0) is 11.2 Å². The quantitative estimate of drug-likeness (QED) is 0.733. The predicted molar refractivity (Wildman–Crippen MR) is 107 cm³/mol. The summed E-state index contributed by atoms with van der Waals surface area (Å²) < 4.78 is 9.38. The highest BCUT2D eigenvalue weighted by atomic mass is 32.1. The van der Waals surface area contributed by atoms with E-state index in [2.05, 4.69) is 31.3 Å². The molecule has 1 amide bonds. The summed E-state index contributed by atoms with van der Waals surface area (Å²) in [4.78, 5) is 29.0. The fourth-order valence-electron chi connectivity index (χ4n) is 3.48. The third kappa shape index (κ3) is 4.07. The Morgan fingerprint density at radius 1 is 1.14 bits per heavy atom. The smallest absolute Gasteiger partial charge is 0.267 e. The van der Waals surface area contributed by atoms with Crippen molar-refractivity contribution in [1.29, 1.82) is 0 Å². The van der Waals surface area contributed by atoms with E-state index in [-0.39, 0.29) is 5.91 Å². The number of amides is 1. The van der Waals surface area contributed by atoms with Crippen LogP contribution in [0, 0.1) is 0 Å². The van der Waals surface area contributed by atoms with Gasteiger partial charge in [0.25, 0.3) is 5.91 Å². The van der Waals surface area contributed by atoms with Crippen molar-refractivity contribution in [2.45, 2.75) is 19.8 Å². The van der Waals surface area contributed by atoms with Gasteiger partial charge in [0.2, 0.25) is 5.95 Å². The first kappa shape index (κ1) is 19.0. The van der Waals surface area contributed by atoms with Crippen molar-refractivity contribution in [2.75, 3.05) is 62.3 Å². The number of ether oxygens (including phenoxy) is 1. The summed E-state index contributed by atoms with van der Waals surface area (Å²) in [5.74, 6) is 1.71. The van der Waals surface area contributed by atoms with Crippen molar-refractivity contribution in [2.24, 2.45) is 0 Å². The Bertz CT molecular complexity index is 801. The molecule has 0 bridgehead atoms. The van der Waals surface area contributed by atoms with Gasteiger partial charge in [-0.05, 0) is 24.0 Å². The van der Waals surface area contributed by atoms with Gasteiger partial charge in [-0.25, -0.2) is 4.98 Å². The molecule has 0 aliphatic carbocycles. The molecule has 0 unspecified atom stereocenters. The van der Waals surface area contributed by atoms with Crippen LogP contribution in [0.4, 0.5) is 11.8 Å². The van der Waals surface area contributed by atoms with Crippen molar-refractivity contribution in [1.82, 2.24) is 24.5 Å². The minimum absolute atomic E-state index is 0.0507. The van der Waals surface area contributed by atoms with Crippen LogP contribution in [0.2, 0.25) is 0 Å². The summed E-state index contributed by atoms with van der Waals surface area (Å²) in [6.45, 7) is 7.96. The molecule has 2 aliphatic heterocycles. The van der Waals surface area contributed by atoms with Crippen molar-refractivity contribution in [3.8, 4) is 0 Å². The molecular formula is C18H25N7O2S. The summed E-state index contributed by atoms with van der Waals surface area (Å²) in [6, 6.07) is 1.94. The van der Waals surface area contributed by atoms with Crippen LogP contribution in [0.15, 0.2) is 12.3 Å². The van der Waals surface area contributed by atoms with Crippen LogP contribution in [-0.4, -0.2) is 82.8 Å². The molecule has 0 atom stereocenters. The number of hydrogen-bond donors (Lipinski definition) is 0.